The van der Waals surface area contributed by atoms with Gasteiger partial charge in [-0.15, -0.1) is 0 Å². The molecule has 1 unspecified atom stereocenters. The van der Waals surface area contributed by atoms with Crippen molar-refractivity contribution in [2.45, 2.75) is 31.3 Å². The maximum Gasteiger partial charge on any atom is 0.244 e. The summed E-state index contributed by atoms with van der Waals surface area (Å²) in [7, 11) is -3.48. The largest absolute Gasteiger partial charge is 0.392 e. The van der Waals surface area contributed by atoms with Crippen molar-refractivity contribution in [3.63, 3.8) is 0 Å². The molecule has 1 heterocycles. The van der Waals surface area contributed by atoms with Gasteiger partial charge in [0.05, 0.1) is 11.5 Å². The fraction of sp³-hybridized carbons (Fsp3) is 0.538. The topological polar surface area (TPSA) is 57.6 Å². The second kappa shape index (κ2) is 5.91. The fourth-order valence-electron chi connectivity index (χ4n) is 2.35. The van der Waals surface area contributed by atoms with Gasteiger partial charge in [0, 0.05) is 17.6 Å². The number of piperidine rings is 1. The Morgan fingerprint density at radius 1 is 1.47 bits per heavy atom. The zero-order valence-electron chi connectivity index (χ0n) is 10.8. The van der Waals surface area contributed by atoms with E-state index in [1.54, 1.807) is 22.5 Å². The molecule has 0 aromatic heterocycles. The van der Waals surface area contributed by atoms with Crippen LogP contribution in [0.4, 0.5) is 0 Å². The van der Waals surface area contributed by atoms with Gasteiger partial charge in [0.25, 0.3) is 0 Å². The lowest BCUT2D eigenvalue weighted by atomic mass is 10.0. The van der Waals surface area contributed by atoms with Crippen LogP contribution in [0.25, 0.3) is 0 Å². The zero-order chi connectivity index (χ0) is 14.0. The first-order valence-electron chi connectivity index (χ1n) is 6.34. The molecule has 1 aromatic carbocycles. The highest BCUT2D eigenvalue weighted by Gasteiger charge is 2.30. The van der Waals surface area contributed by atoms with E-state index in [4.69, 9.17) is 5.11 Å². The molecule has 4 nitrogen and oxygen atoms in total. The molecule has 1 aliphatic heterocycles. The molecule has 1 fully saturated rings. The van der Waals surface area contributed by atoms with E-state index < -0.39 is 10.0 Å². The Morgan fingerprint density at radius 3 is 2.84 bits per heavy atom. The number of hydrogen-bond donors (Lipinski definition) is 1. The molecule has 2 rings (SSSR count). The molecular formula is C13H18BrNO3S. The van der Waals surface area contributed by atoms with Gasteiger partial charge in [-0.25, -0.2) is 8.42 Å². The summed E-state index contributed by atoms with van der Waals surface area (Å²) in [6, 6.07) is 4.92. The summed E-state index contributed by atoms with van der Waals surface area (Å²) in [6.07, 6.45) is 1.97. The van der Waals surface area contributed by atoms with Crippen LogP contribution < -0.4 is 0 Å². The number of benzene rings is 1. The molecule has 0 radical (unpaired) electrons. The lowest BCUT2D eigenvalue weighted by Gasteiger charge is -2.30. The van der Waals surface area contributed by atoms with E-state index >= 15 is 0 Å². The number of nitrogens with zero attached hydrogens (tertiary/aromatic N) is 1. The van der Waals surface area contributed by atoms with Gasteiger partial charge in [-0.05, 0) is 52.4 Å². The predicted octanol–water partition coefficient (Wildman–Crippen LogP) is 2.36. The fourth-order valence-corrected chi connectivity index (χ4v) is 4.92. The van der Waals surface area contributed by atoms with Crippen molar-refractivity contribution in [1.82, 2.24) is 4.31 Å². The first kappa shape index (κ1) is 15.0. The Bertz CT molecular complexity index is 559. The van der Waals surface area contributed by atoms with Crippen molar-refractivity contribution in [2.24, 2.45) is 5.92 Å². The van der Waals surface area contributed by atoms with Crippen molar-refractivity contribution in [3.05, 3.63) is 28.2 Å². The molecule has 1 atom stereocenters. The smallest absolute Gasteiger partial charge is 0.244 e. The van der Waals surface area contributed by atoms with Crippen molar-refractivity contribution < 1.29 is 13.5 Å². The van der Waals surface area contributed by atoms with E-state index in [0.29, 0.717) is 29.0 Å². The van der Waals surface area contributed by atoms with Gasteiger partial charge < -0.3 is 5.11 Å². The minimum absolute atomic E-state index is 0.161. The van der Waals surface area contributed by atoms with E-state index in [0.717, 1.165) is 12.8 Å². The summed E-state index contributed by atoms with van der Waals surface area (Å²) in [5, 5.41) is 9.15. The van der Waals surface area contributed by atoms with Gasteiger partial charge in [-0.3, -0.25) is 0 Å². The molecular weight excluding hydrogens is 330 g/mol. The first-order chi connectivity index (χ1) is 8.95. The van der Waals surface area contributed by atoms with Gasteiger partial charge in [-0.2, -0.15) is 4.31 Å². The predicted molar refractivity (Wildman–Crippen MR) is 77.2 cm³/mol. The highest BCUT2D eigenvalue weighted by atomic mass is 79.9. The average molecular weight is 348 g/mol. The minimum Gasteiger partial charge on any atom is -0.392 e. The highest BCUT2D eigenvalue weighted by Crippen LogP contribution is 2.29. The Labute approximate surface area is 122 Å². The molecule has 0 saturated carbocycles. The number of halogens is 1. The van der Waals surface area contributed by atoms with Crippen molar-refractivity contribution in [2.75, 3.05) is 13.1 Å². The SMILES string of the molecule is CC1CCCN(S(=O)(=O)c2cc(CO)ccc2Br)C1. The summed E-state index contributed by atoms with van der Waals surface area (Å²) in [4.78, 5) is 0.244. The third kappa shape index (κ3) is 3.18. The van der Waals surface area contributed by atoms with Crippen molar-refractivity contribution in [1.29, 1.82) is 0 Å². The van der Waals surface area contributed by atoms with Crippen LogP contribution in [0.1, 0.15) is 25.3 Å². The van der Waals surface area contributed by atoms with E-state index in [1.165, 1.54) is 0 Å². The lowest BCUT2D eigenvalue weighted by molar-refractivity contribution is 0.279. The van der Waals surface area contributed by atoms with E-state index in [2.05, 4.69) is 22.9 Å². The van der Waals surface area contributed by atoms with Gasteiger partial charge >= 0.3 is 0 Å². The molecule has 0 aliphatic carbocycles. The molecule has 1 aliphatic rings. The Hall–Kier alpha value is -0.430. The summed E-state index contributed by atoms with van der Waals surface area (Å²) in [5.74, 6) is 0.392. The number of aliphatic hydroxyl groups excluding tert-OH is 1. The van der Waals surface area contributed by atoms with E-state index in [1.807, 2.05) is 0 Å². The van der Waals surface area contributed by atoms with Crippen LogP contribution in [-0.4, -0.2) is 30.9 Å². The highest BCUT2D eigenvalue weighted by molar-refractivity contribution is 9.10. The Kier molecular flexibility index (Phi) is 4.66. The summed E-state index contributed by atoms with van der Waals surface area (Å²) in [5.41, 5.74) is 0.604. The quantitative estimate of drug-likeness (QED) is 0.912. The van der Waals surface area contributed by atoms with Crippen molar-refractivity contribution >= 4 is 26.0 Å². The Morgan fingerprint density at radius 2 is 2.21 bits per heavy atom. The van der Waals surface area contributed by atoms with Crippen LogP contribution >= 0.6 is 15.9 Å². The van der Waals surface area contributed by atoms with Crippen LogP contribution in [0, 0.1) is 5.92 Å². The molecule has 1 aromatic rings. The first-order valence-corrected chi connectivity index (χ1v) is 8.58. The molecule has 19 heavy (non-hydrogen) atoms. The normalized spacial score (nSPS) is 21.5. The zero-order valence-corrected chi connectivity index (χ0v) is 13.2. The Balaban J connectivity index is 2.38. The third-order valence-corrected chi connectivity index (χ3v) is 6.27. The van der Waals surface area contributed by atoms with Crippen LogP contribution in [0.2, 0.25) is 0 Å². The summed E-state index contributed by atoms with van der Waals surface area (Å²) < 4.78 is 27.4. The van der Waals surface area contributed by atoms with Gasteiger partial charge in [0.2, 0.25) is 10.0 Å². The summed E-state index contributed by atoms with van der Waals surface area (Å²) in [6.45, 7) is 3.05. The molecule has 106 valence electrons. The third-order valence-electron chi connectivity index (χ3n) is 3.42. The minimum atomic E-state index is -3.48. The lowest BCUT2D eigenvalue weighted by Crippen LogP contribution is -2.39. The summed E-state index contributed by atoms with van der Waals surface area (Å²) >= 11 is 3.29. The van der Waals surface area contributed by atoms with Gasteiger partial charge in [0.1, 0.15) is 0 Å². The number of hydrogen-bond acceptors (Lipinski definition) is 3. The van der Waals surface area contributed by atoms with Crippen LogP contribution in [0.15, 0.2) is 27.6 Å². The van der Waals surface area contributed by atoms with Gasteiger partial charge in [0.15, 0.2) is 0 Å². The van der Waals surface area contributed by atoms with E-state index in [-0.39, 0.29) is 11.5 Å². The molecule has 0 spiro atoms. The molecule has 1 N–H and O–H groups in total. The van der Waals surface area contributed by atoms with E-state index in [9.17, 15) is 8.42 Å². The molecule has 0 bridgehead atoms. The molecule has 6 heteroatoms. The maximum absolute atomic E-state index is 12.6. The standard InChI is InChI=1S/C13H18BrNO3S/c1-10-3-2-6-15(8-10)19(17,18)13-7-11(9-16)4-5-12(13)14/h4-5,7,10,16H,2-3,6,8-9H2,1H3. The second-order valence-corrected chi connectivity index (χ2v) is 7.79. The van der Waals surface area contributed by atoms with Gasteiger partial charge in [-0.1, -0.05) is 13.0 Å². The number of rotatable bonds is 3. The van der Waals surface area contributed by atoms with Crippen LogP contribution in [0.3, 0.4) is 0 Å². The maximum atomic E-state index is 12.6. The monoisotopic (exact) mass is 347 g/mol. The molecule has 1 saturated heterocycles. The second-order valence-electron chi connectivity index (χ2n) is 5.03. The van der Waals surface area contributed by atoms with Crippen LogP contribution in [0.5, 0.6) is 0 Å². The van der Waals surface area contributed by atoms with Crippen LogP contribution in [-0.2, 0) is 16.6 Å². The van der Waals surface area contributed by atoms with Crippen molar-refractivity contribution in [3.8, 4) is 0 Å². The average Bonchev–Trinajstić information content (AvgIpc) is 2.39. The number of aliphatic hydroxyl groups is 1. The molecule has 0 amide bonds. The number of sulfonamides is 1.